The van der Waals surface area contributed by atoms with Crippen LogP contribution in [0.15, 0.2) is 59.6 Å². The molecule has 3 N–H and O–H groups in total. The first kappa shape index (κ1) is 20.2. The lowest BCUT2D eigenvalue weighted by Gasteiger charge is -2.37. The summed E-state index contributed by atoms with van der Waals surface area (Å²) in [4.78, 5) is 7.25. The molecule has 1 unspecified atom stereocenters. The summed E-state index contributed by atoms with van der Waals surface area (Å²) in [5.74, 6) is 1.13. The van der Waals surface area contributed by atoms with Crippen molar-refractivity contribution in [2.75, 3.05) is 19.6 Å². The minimum Gasteiger partial charge on any atom is -0.508 e. The highest BCUT2D eigenvalue weighted by Gasteiger charge is 2.23. The van der Waals surface area contributed by atoms with Crippen LogP contribution in [0.4, 0.5) is 0 Å². The van der Waals surface area contributed by atoms with Gasteiger partial charge in [-0.3, -0.25) is 4.90 Å². The van der Waals surface area contributed by atoms with Crippen molar-refractivity contribution in [3.05, 3.63) is 65.7 Å². The molecule has 2 aromatic carbocycles. The van der Waals surface area contributed by atoms with E-state index < -0.39 is 0 Å². The van der Waals surface area contributed by atoms with E-state index in [9.17, 15) is 5.11 Å². The van der Waals surface area contributed by atoms with Gasteiger partial charge in [0.15, 0.2) is 5.96 Å². The fraction of sp³-hybridized carbons (Fsp3) is 0.435. The number of phenols is 1. The van der Waals surface area contributed by atoms with Crippen LogP contribution in [-0.2, 0) is 6.54 Å². The first-order valence-corrected chi connectivity index (χ1v) is 10.3. The smallest absolute Gasteiger partial charge is 0.191 e. The van der Waals surface area contributed by atoms with Crippen LogP contribution >= 0.6 is 0 Å². The van der Waals surface area contributed by atoms with Gasteiger partial charge in [-0.15, -0.1) is 0 Å². The summed E-state index contributed by atoms with van der Waals surface area (Å²) in [5, 5.41) is 16.5. The SMILES string of the molecule is CCNC(=NCc1cccc(O)c1)NC1CCN(C(C)c2ccccc2)CC1. The predicted molar refractivity (Wildman–Crippen MR) is 116 cm³/mol. The van der Waals surface area contributed by atoms with E-state index in [1.165, 1.54) is 5.56 Å². The summed E-state index contributed by atoms with van der Waals surface area (Å²) in [6.45, 7) is 7.92. The molecule has 1 saturated heterocycles. The van der Waals surface area contributed by atoms with Crippen molar-refractivity contribution in [1.29, 1.82) is 0 Å². The Hall–Kier alpha value is -2.53. The molecule has 3 rings (SSSR count). The third kappa shape index (κ3) is 5.73. The number of guanidine groups is 1. The van der Waals surface area contributed by atoms with Gasteiger partial charge in [0, 0.05) is 31.7 Å². The van der Waals surface area contributed by atoms with Crippen LogP contribution in [0.3, 0.4) is 0 Å². The first-order chi connectivity index (χ1) is 13.7. The molecule has 0 radical (unpaired) electrons. The van der Waals surface area contributed by atoms with Gasteiger partial charge in [-0.05, 0) is 49.9 Å². The largest absolute Gasteiger partial charge is 0.508 e. The minimum absolute atomic E-state index is 0.283. The summed E-state index contributed by atoms with van der Waals surface area (Å²) >= 11 is 0. The molecule has 0 spiro atoms. The molecule has 1 aliphatic rings. The van der Waals surface area contributed by atoms with Gasteiger partial charge < -0.3 is 15.7 Å². The average Bonchev–Trinajstić information content (AvgIpc) is 2.73. The zero-order chi connectivity index (χ0) is 19.8. The molecule has 1 fully saturated rings. The lowest BCUT2D eigenvalue weighted by Crippen LogP contribution is -2.49. The molecule has 0 bridgehead atoms. The highest BCUT2D eigenvalue weighted by atomic mass is 16.3. The Kier molecular flexibility index (Phi) is 7.31. The number of aliphatic imine (C=N–C) groups is 1. The molecule has 2 aromatic rings. The Morgan fingerprint density at radius 2 is 1.89 bits per heavy atom. The van der Waals surface area contributed by atoms with E-state index in [4.69, 9.17) is 4.99 Å². The topological polar surface area (TPSA) is 59.9 Å². The van der Waals surface area contributed by atoms with Crippen LogP contribution in [0, 0.1) is 0 Å². The lowest BCUT2D eigenvalue weighted by atomic mass is 10.0. The minimum atomic E-state index is 0.283. The number of aromatic hydroxyl groups is 1. The second kappa shape index (κ2) is 10.1. The summed E-state index contributed by atoms with van der Waals surface area (Å²) in [7, 11) is 0. The maximum Gasteiger partial charge on any atom is 0.191 e. The standard InChI is InChI=1S/C23H32N4O/c1-3-24-23(25-17-19-8-7-11-22(28)16-19)26-21-12-14-27(15-13-21)18(2)20-9-5-4-6-10-20/h4-11,16,18,21,28H,3,12-15,17H2,1-2H3,(H2,24,25,26). The highest BCUT2D eigenvalue weighted by Crippen LogP contribution is 2.24. The molecular formula is C23H32N4O. The fourth-order valence-electron chi connectivity index (χ4n) is 3.71. The molecule has 28 heavy (non-hydrogen) atoms. The lowest BCUT2D eigenvalue weighted by molar-refractivity contribution is 0.158. The number of hydrogen-bond acceptors (Lipinski definition) is 3. The first-order valence-electron chi connectivity index (χ1n) is 10.3. The highest BCUT2D eigenvalue weighted by molar-refractivity contribution is 5.80. The molecule has 1 atom stereocenters. The second-order valence-electron chi connectivity index (χ2n) is 7.41. The van der Waals surface area contributed by atoms with Crippen molar-refractivity contribution < 1.29 is 5.11 Å². The molecule has 5 heteroatoms. The maximum absolute atomic E-state index is 9.61. The van der Waals surface area contributed by atoms with Crippen molar-refractivity contribution in [3.8, 4) is 5.75 Å². The predicted octanol–water partition coefficient (Wildman–Crippen LogP) is 3.67. The molecule has 1 aliphatic heterocycles. The molecular weight excluding hydrogens is 348 g/mol. The summed E-state index contributed by atoms with van der Waals surface area (Å²) < 4.78 is 0. The third-order valence-electron chi connectivity index (χ3n) is 5.37. The number of nitrogens with zero attached hydrogens (tertiary/aromatic N) is 2. The average molecular weight is 381 g/mol. The monoisotopic (exact) mass is 380 g/mol. The Morgan fingerprint density at radius 3 is 2.57 bits per heavy atom. The van der Waals surface area contributed by atoms with E-state index in [0.29, 0.717) is 18.6 Å². The van der Waals surface area contributed by atoms with Gasteiger partial charge in [-0.1, -0.05) is 42.5 Å². The van der Waals surface area contributed by atoms with Gasteiger partial charge in [0.25, 0.3) is 0 Å². The van der Waals surface area contributed by atoms with Crippen molar-refractivity contribution in [2.45, 2.75) is 45.3 Å². The van der Waals surface area contributed by atoms with Gasteiger partial charge in [0.1, 0.15) is 5.75 Å². The number of benzene rings is 2. The van der Waals surface area contributed by atoms with Crippen LogP contribution in [0.2, 0.25) is 0 Å². The number of likely N-dealkylation sites (tertiary alicyclic amines) is 1. The van der Waals surface area contributed by atoms with Crippen LogP contribution in [0.5, 0.6) is 5.75 Å². The summed E-state index contributed by atoms with van der Waals surface area (Å²) in [6.07, 6.45) is 2.21. The quantitative estimate of drug-likeness (QED) is 0.529. The van der Waals surface area contributed by atoms with Crippen LogP contribution in [-0.4, -0.2) is 41.6 Å². The number of piperidine rings is 1. The molecule has 5 nitrogen and oxygen atoms in total. The third-order valence-corrected chi connectivity index (χ3v) is 5.37. The van der Waals surface area contributed by atoms with Gasteiger partial charge in [-0.2, -0.15) is 0 Å². The Morgan fingerprint density at radius 1 is 1.14 bits per heavy atom. The molecule has 0 aliphatic carbocycles. The van der Waals surface area contributed by atoms with Crippen LogP contribution in [0.1, 0.15) is 43.9 Å². The molecule has 0 amide bonds. The maximum atomic E-state index is 9.61. The van der Waals surface area contributed by atoms with Crippen LogP contribution < -0.4 is 10.6 Å². The Balaban J connectivity index is 1.53. The van der Waals surface area contributed by atoms with Crippen molar-refractivity contribution in [2.24, 2.45) is 4.99 Å². The summed E-state index contributed by atoms with van der Waals surface area (Å²) in [6, 6.07) is 18.9. The van der Waals surface area contributed by atoms with E-state index in [0.717, 1.165) is 44.0 Å². The number of nitrogens with one attached hydrogen (secondary N) is 2. The molecule has 150 valence electrons. The zero-order valence-electron chi connectivity index (χ0n) is 16.9. The van der Waals surface area contributed by atoms with Gasteiger partial charge in [-0.25, -0.2) is 4.99 Å². The van der Waals surface area contributed by atoms with Crippen molar-refractivity contribution >= 4 is 5.96 Å². The number of phenolic OH excluding ortho intramolecular Hbond substituents is 1. The van der Waals surface area contributed by atoms with E-state index in [1.54, 1.807) is 12.1 Å². The van der Waals surface area contributed by atoms with E-state index >= 15 is 0 Å². The number of rotatable bonds is 6. The van der Waals surface area contributed by atoms with Gasteiger partial charge in [0.2, 0.25) is 0 Å². The Labute approximate surface area is 168 Å². The molecule has 0 saturated carbocycles. The second-order valence-corrected chi connectivity index (χ2v) is 7.41. The Bertz CT molecular complexity index is 754. The van der Waals surface area contributed by atoms with E-state index in [-0.39, 0.29) is 5.75 Å². The van der Waals surface area contributed by atoms with E-state index in [2.05, 4.69) is 59.7 Å². The number of hydrogen-bond donors (Lipinski definition) is 3. The fourth-order valence-corrected chi connectivity index (χ4v) is 3.71. The van der Waals surface area contributed by atoms with Crippen molar-refractivity contribution in [3.63, 3.8) is 0 Å². The normalized spacial score (nSPS) is 17.3. The van der Waals surface area contributed by atoms with Gasteiger partial charge in [0.05, 0.1) is 6.54 Å². The summed E-state index contributed by atoms with van der Waals surface area (Å²) in [5.41, 5.74) is 2.39. The zero-order valence-corrected chi connectivity index (χ0v) is 16.9. The van der Waals surface area contributed by atoms with Crippen molar-refractivity contribution in [1.82, 2.24) is 15.5 Å². The van der Waals surface area contributed by atoms with Gasteiger partial charge >= 0.3 is 0 Å². The van der Waals surface area contributed by atoms with Crippen LogP contribution in [0.25, 0.3) is 0 Å². The molecule has 1 heterocycles. The van der Waals surface area contributed by atoms with E-state index in [1.807, 2.05) is 12.1 Å². The molecule has 0 aromatic heterocycles.